The number of nitrogens with zero attached hydrogens (tertiary/aromatic N) is 2. The Kier molecular flexibility index (Phi) is 11.8. The molecule has 0 spiro atoms. The van der Waals surface area contributed by atoms with Crippen molar-refractivity contribution in [2.75, 3.05) is 18.0 Å². The summed E-state index contributed by atoms with van der Waals surface area (Å²) in [7, 11) is -2.88. The Labute approximate surface area is 277 Å². The van der Waals surface area contributed by atoms with Crippen molar-refractivity contribution in [2.24, 2.45) is 0 Å². The highest BCUT2D eigenvalue weighted by Crippen LogP contribution is 2.35. The van der Waals surface area contributed by atoms with E-state index in [4.69, 9.17) is 16.3 Å². The summed E-state index contributed by atoms with van der Waals surface area (Å²) in [5.41, 5.74) is 2.76. The van der Waals surface area contributed by atoms with Crippen LogP contribution < -0.4 is 14.4 Å². The molecule has 10 heteroatoms. The minimum atomic E-state index is -4.29. The molecule has 0 saturated heterocycles. The van der Waals surface area contributed by atoms with E-state index in [1.165, 1.54) is 30.2 Å². The highest BCUT2D eigenvalue weighted by molar-refractivity contribution is 7.92. The molecule has 0 aliphatic carbocycles. The lowest BCUT2D eigenvalue weighted by molar-refractivity contribution is -0.140. The zero-order valence-electron chi connectivity index (χ0n) is 26.5. The summed E-state index contributed by atoms with van der Waals surface area (Å²) in [4.78, 5) is 30.1. The maximum Gasteiger partial charge on any atom is 0.264 e. The van der Waals surface area contributed by atoms with Gasteiger partial charge >= 0.3 is 0 Å². The van der Waals surface area contributed by atoms with Gasteiger partial charge in [-0.15, -0.1) is 0 Å². The minimum Gasteiger partial charge on any atom is -0.495 e. The third kappa shape index (κ3) is 8.68. The third-order valence-corrected chi connectivity index (χ3v) is 9.74. The molecular weight excluding hydrogens is 622 g/mol. The molecule has 242 valence electrons. The van der Waals surface area contributed by atoms with Crippen molar-refractivity contribution in [3.05, 3.63) is 125 Å². The molecule has 4 rings (SSSR count). The molecule has 0 aromatic heterocycles. The topological polar surface area (TPSA) is 96.0 Å². The van der Waals surface area contributed by atoms with Gasteiger partial charge in [-0.3, -0.25) is 13.9 Å². The summed E-state index contributed by atoms with van der Waals surface area (Å²) < 4.78 is 35.0. The molecule has 0 unspecified atom stereocenters. The monoisotopic (exact) mass is 661 g/mol. The van der Waals surface area contributed by atoms with E-state index in [-0.39, 0.29) is 46.3 Å². The van der Waals surface area contributed by atoms with Gasteiger partial charge in [0.15, 0.2) is 0 Å². The second-order valence-electron chi connectivity index (χ2n) is 11.2. The summed E-state index contributed by atoms with van der Waals surface area (Å²) in [6.45, 7) is 5.30. The average Bonchev–Trinajstić information content (AvgIpc) is 3.05. The SMILES string of the molecule is CC[C@H](C)NC(=O)[C@H](Cc1ccccc1)N(Cc1cccc(C)c1)C(=O)CN(c1cc(Cl)ccc1OC)S(=O)(=O)c1ccccc1. The van der Waals surface area contributed by atoms with E-state index in [9.17, 15) is 18.0 Å². The number of hydrogen-bond acceptors (Lipinski definition) is 5. The Hall–Kier alpha value is -4.34. The summed E-state index contributed by atoms with van der Waals surface area (Å²) in [5.74, 6) is -0.669. The van der Waals surface area contributed by atoms with E-state index in [0.29, 0.717) is 6.42 Å². The Balaban J connectivity index is 1.85. The number of hydrogen-bond donors (Lipinski definition) is 1. The molecule has 0 heterocycles. The van der Waals surface area contributed by atoms with Crippen LogP contribution in [0.3, 0.4) is 0 Å². The summed E-state index contributed by atoms with van der Waals surface area (Å²) in [6, 6.07) is 28.5. The van der Waals surface area contributed by atoms with Crippen molar-refractivity contribution in [3.63, 3.8) is 0 Å². The number of carbonyl (C=O) groups is 2. The van der Waals surface area contributed by atoms with Crippen LogP contribution in [0.2, 0.25) is 5.02 Å². The molecule has 4 aromatic carbocycles. The first-order valence-corrected chi connectivity index (χ1v) is 17.0. The van der Waals surface area contributed by atoms with Crippen molar-refractivity contribution >= 4 is 39.1 Å². The van der Waals surface area contributed by atoms with Crippen LogP contribution in [-0.2, 0) is 32.6 Å². The largest absolute Gasteiger partial charge is 0.495 e. The van der Waals surface area contributed by atoms with Crippen LogP contribution >= 0.6 is 11.6 Å². The van der Waals surface area contributed by atoms with E-state index >= 15 is 0 Å². The number of carbonyl (C=O) groups excluding carboxylic acids is 2. The molecule has 0 bridgehead atoms. The van der Waals surface area contributed by atoms with E-state index in [1.54, 1.807) is 30.3 Å². The molecule has 2 amide bonds. The first-order chi connectivity index (χ1) is 22.0. The fourth-order valence-electron chi connectivity index (χ4n) is 5.09. The first-order valence-electron chi connectivity index (χ1n) is 15.1. The molecule has 0 radical (unpaired) electrons. The summed E-state index contributed by atoms with van der Waals surface area (Å²) >= 11 is 6.35. The van der Waals surface area contributed by atoms with Crippen molar-refractivity contribution in [1.29, 1.82) is 0 Å². The highest BCUT2D eigenvalue weighted by Gasteiger charge is 2.36. The number of nitrogens with one attached hydrogen (secondary N) is 1. The number of halogens is 1. The Morgan fingerprint density at radius 2 is 1.54 bits per heavy atom. The molecule has 0 aliphatic rings. The lowest BCUT2D eigenvalue weighted by Gasteiger charge is -2.34. The van der Waals surface area contributed by atoms with Crippen molar-refractivity contribution in [1.82, 2.24) is 10.2 Å². The number of amides is 2. The van der Waals surface area contributed by atoms with E-state index in [2.05, 4.69) is 5.32 Å². The van der Waals surface area contributed by atoms with Crippen molar-refractivity contribution < 1.29 is 22.7 Å². The van der Waals surface area contributed by atoms with Crippen molar-refractivity contribution in [3.8, 4) is 5.75 Å². The lowest BCUT2D eigenvalue weighted by atomic mass is 10.0. The van der Waals surface area contributed by atoms with Gasteiger partial charge in [-0.05, 0) is 61.7 Å². The van der Waals surface area contributed by atoms with Crippen LogP contribution in [0.25, 0.3) is 0 Å². The molecule has 4 aromatic rings. The van der Waals surface area contributed by atoms with E-state index in [1.807, 2.05) is 75.4 Å². The summed E-state index contributed by atoms with van der Waals surface area (Å²) in [6.07, 6.45) is 0.930. The standard InChI is InChI=1S/C36H40ClN3O5S/c1-5-27(3)38-36(42)33(22-28-14-8-6-9-15-28)39(24-29-16-12-13-26(2)21-29)35(41)25-40(32-23-30(37)19-20-34(32)45-4)46(43,44)31-17-10-7-11-18-31/h6-21,23,27,33H,5,22,24-25H2,1-4H3,(H,38,42)/t27-,33-/m0/s1. The van der Waals surface area contributed by atoms with Gasteiger partial charge in [-0.1, -0.05) is 96.9 Å². The minimum absolute atomic E-state index is 0.00888. The van der Waals surface area contributed by atoms with Gasteiger partial charge in [0, 0.05) is 24.0 Å². The predicted molar refractivity (Wildman–Crippen MR) is 183 cm³/mol. The normalized spacial score (nSPS) is 12.5. The van der Waals surface area contributed by atoms with Gasteiger partial charge in [-0.25, -0.2) is 8.42 Å². The van der Waals surface area contributed by atoms with Gasteiger partial charge in [0.2, 0.25) is 11.8 Å². The van der Waals surface area contributed by atoms with Gasteiger partial charge < -0.3 is 15.0 Å². The fraction of sp³-hybridized carbons (Fsp3) is 0.278. The number of aryl methyl sites for hydroxylation is 1. The second-order valence-corrected chi connectivity index (χ2v) is 13.5. The zero-order valence-corrected chi connectivity index (χ0v) is 28.1. The van der Waals surface area contributed by atoms with Crippen LogP contribution in [0.4, 0.5) is 5.69 Å². The number of ether oxygens (including phenoxy) is 1. The van der Waals surface area contributed by atoms with E-state index < -0.39 is 28.5 Å². The van der Waals surface area contributed by atoms with Gasteiger partial charge in [0.25, 0.3) is 10.0 Å². The zero-order chi connectivity index (χ0) is 33.3. The molecule has 0 fully saturated rings. The number of methoxy groups -OCH3 is 1. The Bertz CT molecular complexity index is 1740. The Morgan fingerprint density at radius 3 is 2.17 bits per heavy atom. The van der Waals surface area contributed by atoms with Gasteiger partial charge in [-0.2, -0.15) is 0 Å². The molecule has 1 N–H and O–H groups in total. The summed E-state index contributed by atoms with van der Waals surface area (Å²) in [5, 5.41) is 3.31. The molecule has 2 atom stereocenters. The lowest BCUT2D eigenvalue weighted by Crippen LogP contribution is -2.54. The molecule has 0 aliphatic heterocycles. The second kappa shape index (κ2) is 15.8. The first kappa shape index (κ1) is 34.5. The van der Waals surface area contributed by atoms with Crippen LogP contribution in [0.5, 0.6) is 5.75 Å². The van der Waals surface area contributed by atoms with Gasteiger partial charge in [0.05, 0.1) is 17.7 Å². The smallest absolute Gasteiger partial charge is 0.264 e. The van der Waals surface area contributed by atoms with Crippen molar-refractivity contribution in [2.45, 2.75) is 57.1 Å². The maximum atomic E-state index is 14.6. The quantitative estimate of drug-likeness (QED) is 0.169. The molecular formula is C36H40ClN3O5S. The number of anilines is 1. The van der Waals surface area contributed by atoms with Gasteiger partial charge in [0.1, 0.15) is 18.3 Å². The molecule has 46 heavy (non-hydrogen) atoms. The van der Waals surface area contributed by atoms with Crippen LogP contribution in [0, 0.1) is 6.92 Å². The van der Waals surface area contributed by atoms with Crippen LogP contribution in [-0.4, -0.2) is 50.9 Å². The average molecular weight is 662 g/mol. The van der Waals surface area contributed by atoms with E-state index in [0.717, 1.165) is 21.0 Å². The molecule has 0 saturated carbocycles. The number of rotatable bonds is 14. The molecule has 8 nitrogen and oxygen atoms in total. The van der Waals surface area contributed by atoms with Crippen LogP contribution in [0.15, 0.2) is 108 Å². The number of sulfonamides is 1. The highest BCUT2D eigenvalue weighted by atomic mass is 35.5. The predicted octanol–water partition coefficient (Wildman–Crippen LogP) is 6.41. The number of benzene rings is 4. The Morgan fingerprint density at radius 1 is 0.891 bits per heavy atom. The fourth-order valence-corrected chi connectivity index (χ4v) is 6.70. The van der Waals surface area contributed by atoms with Crippen LogP contribution in [0.1, 0.15) is 37.0 Å². The maximum absolute atomic E-state index is 14.6. The third-order valence-electron chi connectivity index (χ3n) is 7.73.